The van der Waals surface area contributed by atoms with Crippen molar-refractivity contribution in [2.75, 3.05) is 70.2 Å². The zero-order valence-corrected chi connectivity index (χ0v) is 84.0. The van der Waals surface area contributed by atoms with Crippen LogP contribution in [0.4, 0.5) is 5.00 Å². The molecule has 2 aliphatic rings. The molecule has 6 aromatic carbocycles. The van der Waals surface area contributed by atoms with Crippen LogP contribution in [-0.2, 0) is 67.3 Å². The number of hydrogen-bond acceptors (Lipinski definition) is 27. The number of ether oxygens (including phenoxy) is 4. The van der Waals surface area contributed by atoms with Crippen LogP contribution in [-0.4, -0.2) is 161 Å². The van der Waals surface area contributed by atoms with Gasteiger partial charge in [-0.3, -0.25) is 61.6 Å². The van der Waals surface area contributed by atoms with Crippen molar-refractivity contribution in [2.24, 2.45) is 5.73 Å². The van der Waals surface area contributed by atoms with E-state index < -0.39 is 24.5 Å². The van der Waals surface area contributed by atoms with Gasteiger partial charge in [0, 0.05) is 104 Å². The predicted molar refractivity (Wildman–Crippen MR) is 549 cm³/mol. The number of likely N-dealkylation sites (tertiary alicyclic amines) is 1. The molecule has 0 saturated carbocycles. The Bertz CT molecular complexity index is 6840. The molecular formula is C93H87BrCl7N13O17S5. The molecular weight excluding hydrogens is 2060 g/mol. The number of Topliss-reactive ketones (excluding diaryl/α,β-unsaturated/α-hetero) is 1. The van der Waals surface area contributed by atoms with Crippen LogP contribution in [0.15, 0.2) is 217 Å². The van der Waals surface area contributed by atoms with Crippen molar-refractivity contribution in [3.63, 3.8) is 0 Å². The minimum absolute atomic E-state index is 0. The highest BCUT2D eigenvalue weighted by atomic mass is 79.9. The lowest BCUT2D eigenvalue weighted by atomic mass is 10.0. The van der Waals surface area contributed by atoms with Gasteiger partial charge in [0.2, 0.25) is 12.3 Å². The number of amides is 2. The summed E-state index contributed by atoms with van der Waals surface area (Å²) in [6.45, 7) is 19.5. The summed E-state index contributed by atoms with van der Waals surface area (Å²) >= 11 is 44.9. The number of carboxylic acid groups (broad SMARTS) is 1. The molecule has 0 aliphatic carbocycles. The third kappa shape index (κ3) is 33.0. The second-order valence-electron chi connectivity index (χ2n) is 27.5. The fourth-order valence-corrected chi connectivity index (χ4v) is 17.1. The summed E-state index contributed by atoms with van der Waals surface area (Å²) in [4.78, 5) is 163. The Morgan fingerprint density at radius 3 is 1.13 bits per heavy atom. The number of aromatic amines is 1. The van der Waals surface area contributed by atoms with Gasteiger partial charge in [0.1, 0.15) is 54.9 Å². The number of nitrogen functional groups attached to an aromatic ring is 1. The van der Waals surface area contributed by atoms with E-state index in [9.17, 15) is 52.7 Å². The van der Waals surface area contributed by atoms with Gasteiger partial charge in [0.15, 0.2) is 5.78 Å². The standard InChI is InChI=1S/C17H14ClN3O2S.C16H13ClN2O3S.C14H9ClN2O3S.C13H12ClNO2S.C12H7ClN2OS.C8H7ClO.C5H7NO2.C4H7BrO2.C3H7N.CH3NO.ClH/c18-12-4-2-11(3-5-12)13-9-24-16-15(13)17(23)21(10-19-16)8-14(22)20-6-1-7-20;1-2-22-13(20)7-19-9-18-15-14(16(19)21)12(8-23-15)10-3-5-11(17)6-4-10;15-9-3-1-8(2-4-9)10-6-21-13-12(10)14(20)17(7-16-13)5-11(18)19;1-2-17-13(16)11-10(7-18-12(11)15)8-3-5-9(14)6-4-8;13-8-3-1-7(2-4-8)9-5-17-12-10(9)11(16)14-6-15-12;1-6(10)7-2-4-8(9)5-3-7;1-3-8-5(7)4-6-2;1-2-7-4(6)3-5;1-2-4-3-1;2-1-3;/h2-5,9-10H,1,6-8H2;3-6,8-9H,2,7H2,1H3;1-4,6-7H,5H2,(H,18,19);3-7H,2,15H2,1H3;1-6H,(H,14,15,16);2-5H,1H3;3-4H2,1H3;2-3H2,1H3;4H,1-3H2;1H,(H2,2,3);1H. The van der Waals surface area contributed by atoms with E-state index in [2.05, 4.69) is 66.2 Å². The number of ketones is 1. The minimum Gasteiger partial charge on any atom is -0.480 e. The van der Waals surface area contributed by atoms with Crippen molar-refractivity contribution in [3.05, 3.63) is 292 Å². The predicted octanol–water partition coefficient (Wildman–Crippen LogP) is 19.8. The lowest BCUT2D eigenvalue weighted by Gasteiger charge is -2.30. The monoisotopic (exact) mass is 2140 g/mol. The molecule has 43 heteroatoms. The second-order valence-corrected chi connectivity index (χ2v) is 35.0. The Labute approximate surface area is 843 Å². The molecule has 2 aliphatic heterocycles. The van der Waals surface area contributed by atoms with Gasteiger partial charge in [-0.15, -0.1) is 69.1 Å². The molecule has 11 heterocycles. The number of nitrogens with zero attached hydrogens (tertiary/aromatic N) is 9. The van der Waals surface area contributed by atoms with E-state index in [0.717, 1.165) is 84.5 Å². The maximum absolute atomic E-state index is 12.8. The summed E-state index contributed by atoms with van der Waals surface area (Å²) in [6.07, 6.45) is 8.20. The van der Waals surface area contributed by atoms with Gasteiger partial charge in [-0.05, 0) is 173 Å². The van der Waals surface area contributed by atoms with Crippen molar-refractivity contribution in [1.82, 2.24) is 48.8 Å². The van der Waals surface area contributed by atoms with Crippen molar-refractivity contribution < 1.29 is 62.4 Å². The second kappa shape index (κ2) is 57.2. The zero-order valence-electron chi connectivity index (χ0n) is 73.0. The average Bonchev–Trinajstić information content (AvgIpc) is 1.61. The average molecular weight is 2150 g/mol. The van der Waals surface area contributed by atoms with Crippen LogP contribution in [0.25, 0.3) is 101 Å². The highest BCUT2D eigenvalue weighted by molar-refractivity contribution is 9.09. The van der Waals surface area contributed by atoms with Gasteiger partial charge >= 0.3 is 36.4 Å². The molecule has 15 aromatic rings. The lowest BCUT2D eigenvalue weighted by Crippen LogP contribution is -2.44. The van der Waals surface area contributed by atoms with Crippen LogP contribution in [0.1, 0.15) is 68.2 Å². The van der Waals surface area contributed by atoms with Gasteiger partial charge < -0.3 is 55.6 Å². The van der Waals surface area contributed by atoms with E-state index in [1.54, 1.807) is 105 Å². The maximum atomic E-state index is 12.8. The summed E-state index contributed by atoms with van der Waals surface area (Å²) in [5, 5.41) is 28.2. The number of thiophene rings is 5. The van der Waals surface area contributed by atoms with E-state index in [-0.39, 0.29) is 90.9 Å². The Morgan fingerprint density at radius 1 is 0.485 bits per heavy atom. The van der Waals surface area contributed by atoms with Gasteiger partial charge in [-0.1, -0.05) is 146 Å². The molecule has 2 saturated heterocycles. The first-order valence-electron chi connectivity index (χ1n) is 40.6. The third-order valence-electron chi connectivity index (χ3n) is 18.4. The molecule has 2 amide bonds. The van der Waals surface area contributed by atoms with Crippen molar-refractivity contribution in [1.29, 1.82) is 0 Å². The first-order chi connectivity index (χ1) is 64.9. The first-order valence-corrected chi connectivity index (χ1v) is 48.4. The molecule has 30 nitrogen and oxygen atoms in total. The normalized spacial score (nSPS) is 11.1. The smallest absolute Gasteiger partial charge is 0.387 e. The quantitative estimate of drug-likeness (QED) is 0.0125. The topological polar surface area (TPSA) is 416 Å². The minimum atomic E-state index is -1.08. The van der Waals surface area contributed by atoms with E-state index in [0.29, 0.717) is 107 Å². The Kier molecular flexibility index (Phi) is 46.7. The molecule has 0 spiro atoms. The number of anilines is 1. The fourth-order valence-electron chi connectivity index (χ4n) is 11.8. The number of primary amides is 1. The van der Waals surface area contributed by atoms with Crippen molar-refractivity contribution >= 4 is 248 Å². The molecule has 0 atom stereocenters. The molecule has 2 fully saturated rings. The summed E-state index contributed by atoms with van der Waals surface area (Å²) in [5.74, 6) is -2.55. The number of hydrogen-bond donors (Lipinski definition) is 5. The van der Waals surface area contributed by atoms with Gasteiger partial charge in [-0.25, -0.2) is 36.1 Å². The number of esters is 4. The van der Waals surface area contributed by atoms with Crippen LogP contribution in [0.3, 0.4) is 0 Å². The van der Waals surface area contributed by atoms with Gasteiger partial charge in [-0.2, -0.15) is 0 Å². The Morgan fingerprint density at radius 2 is 0.809 bits per heavy atom. The molecule has 0 unspecified atom stereocenters. The number of carbonyl (C=O) groups excluding carboxylic acids is 7. The summed E-state index contributed by atoms with van der Waals surface area (Å²) in [7, 11) is 0. The van der Waals surface area contributed by atoms with E-state index >= 15 is 0 Å². The Balaban J connectivity index is 0.000000215. The number of rotatable bonds is 19. The highest BCUT2D eigenvalue weighted by Crippen LogP contribution is 2.38. The molecule has 0 bridgehead atoms. The molecule has 7 N–H and O–H groups in total. The van der Waals surface area contributed by atoms with Crippen LogP contribution < -0.4 is 39.0 Å². The number of carboxylic acids is 1. The number of aliphatic carboxylic acids is 1. The first kappa shape index (κ1) is 111. The number of fused-ring (bicyclic) bond motifs is 4. The number of carbonyl (C=O) groups is 8. The van der Waals surface area contributed by atoms with Crippen LogP contribution in [0.2, 0.25) is 30.1 Å². The number of benzene rings is 6. The van der Waals surface area contributed by atoms with Crippen LogP contribution in [0.5, 0.6) is 0 Å². The molecule has 9 aromatic heterocycles. The number of H-pyrrole nitrogens is 1. The van der Waals surface area contributed by atoms with Crippen molar-refractivity contribution in [3.8, 4) is 55.6 Å². The van der Waals surface area contributed by atoms with Gasteiger partial charge in [0.05, 0.1) is 73.3 Å². The van der Waals surface area contributed by atoms with Crippen molar-refractivity contribution in [2.45, 2.75) is 67.1 Å². The number of aromatic nitrogens is 8. The van der Waals surface area contributed by atoms with Crippen LogP contribution in [0, 0.1) is 6.57 Å². The summed E-state index contributed by atoms with van der Waals surface area (Å²) in [5.41, 5.74) is 18.8. The zero-order chi connectivity index (χ0) is 98.2. The Hall–Kier alpha value is -11.9. The fraction of sp³-hybridized carbons (Fsp3) is 0.215. The van der Waals surface area contributed by atoms with E-state index in [4.69, 9.17) is 101 Å². The number of alkyl halides is 1. The molecule has 17 rings (SSSR count). The summed E-state index contributed by atoms with van der Waals surface area (Å²) < 4.78 is 22.6. The summed E-state index contributed by atoms with van der Waals surface area (Å²) in [6, 6.07) is 43.2. The molecule has 712 valence electrons. The van der Waals surface area contributed by atoms with Gasteiger partial charge in [0.25, 0.3) is 22.2 Å². The highest BCUT2D eigenvalue weighted by Gasteiger charge is 2.24. The van der Waals surface area contributed by atoms with E-state index in [1.165, 1.54) is 118 Å². The largest absolute Gasteiger partial charge is 0.480 e. The number of nitrogens with two attached hydrogens (primary N) is 2. The lowest BCUT2D eigenvalue weighted by molar-refractivity contribution is -0.144. The number of nitrogens with one attached hydrogen (secondary N) is 2. The third-order valence-corrected chi connectivity index (χ3v) is 24.8. The van der Waals surface area contributed by atoms with E-state index in [1.807, 2.05) is 99.7 Å². The molecule has 0 radical (unpaired) electrons. The number of halogens is 8. The van der Waals surface area contributed by atoms with Crippen LogP contribution >= 0.6 is 155 Å². The SMILES string of the molecule is C1CNC1.CC(=O)c1ccc(Cl)cc1.CCOC(=O)CBr.CCOC(=O)Cn1cnc2scc(-c3ccc(Cl)cc3)c2c1=O.CCOC(=O)c1c(-c2ccc(Cl)cc2)csc1N.Cl.NC=O.O=C(Cn1cnc2scc(-c3ccc(Cl)cc3)c2c1=O)N1CCC1.O=C(O)Cn1cnc2scc(-c3ccc(Cl)cc3)c2c1=O.O=c1[nH]cnc2scc(-c3ccc(Cl)cc3)c12.[C-]#[N+]CC(=O)OCC. The molecule has 136 heavy (non-hydrogen) atoms. The maximum Gasteiger partial charge on any atom is 0.387 e.